The number of aromatic nitrogens is 3. The predicted octanol–water partition coefficient (Wildman–Crippen LogP) is 2.50. The Bertz CT molecular complexity index is 1060. The summed E-state index contributed by atoms with van der Waals surface area (Å²) < 4.78 is 13.5. The van der Waals surface area contributed by atoms with E-state index in [-0.39, 0.29) is 6.61 Å². The van der Waals surface area contributed by atoms with Crippen LogP contribution in [0.25, 0.3) is 11.0 Å². The van der Waals surface area contributed by atoms with Crippen molar-refractivity contribution < 1.29 is 19.7 Å². The lowest BCUT2D eigenvalue weighted by Crippen LogP contribution is -2.34. The summed E-state index contributed by atoms with van der Waals surface area (Å²) in [7, 11) is 0. The highest BCUT2D eigenvalue weighted by Crippen LogP contribution is 2.40. The lowest BCUT2D eigenvalue weighted by molar-refractivity contribution is -0.0170. The fourth-order valence-electron chi connectivity index (χ4n) is 3.77. The van der Waals surface area contributed by atoms with Gasteiger partial charge in [-0.2, -0.15) is 0 Å². The van der Waals surface area contributed by atoms with Crippen molar-refractivity contribution in [2.24, 2.45) is 5.73 Å². The third-order valence-corrected chi connectivity index (χ3v) is 6.03. The molecule has 8 nitrogen and oxygen atoms in total. The summed E-state index contributed by atoms with van der Waals surface area (Å²) in [5.41, 5.74) is 7.06. The van der Waals surface area contributed by atoms with Crippen LogP contribution in [-0.4, -0.2) is 56.2 Å². The summed E-state index contributed by atoms with van der Waals surface area (Å²) in [6.07, 6.45) is 0.819. The largest absolute Gasteiger partial charge is 0.488 e. The summed E-state index contributed by atoms with van der Waals surface area (Å²) in [6, 6.07) is 4.55. The number of nitrogens with two attached hydrogens (primary N) is 1. The Morgan fingerprint density at radius 1 is 1.17 bits per heavy atom. The van der Waals surface area contributed by atoms with Gasteiger partial charge in [-0.15, -0.1) is 0 Å². The molecule has 1 aliphatic rings. The first kappa shape index (κ1) is 21.1. The molecular weight excluding hydrogens is 431 g/mol. The minimum absolute atomic E-state index is 0.265. The summed E-state index contributed by atoms with van der Waals surface area (Å²) in [5, 5.41) is 22.9. The highest BCUT2D eigenvalue weighted by atomic mass is 35.5. The SMILES string of the molecule is Cc1ncnc2c1ccn2[C@@H]1C[C@H](Oc2cc(Cl)c(Cl)cc2OCCN)[C@@H](O)[C@H]1O. The molecule has 0 aliphatic heterocycles. The summed E-state index contributed by atoms with van der Waals surface area (Å²) >= 11 is 12.2. The smallest absolute Gasteiger partial charge is 0.163 e. The number of aliphatic hydroxyl groups is 2. The highest BCUT2D eigenvalue weighted by molar-refractivity contribution is 6.42. The van der Waals surface area contributed by atoms with Gasteiger partial charge in [0, 0.05) is 36.7 Å². The Morgan fingerprint density at radius 2 is 1.90 bits per heavy atom. The van der Waals surface area contributed by atoms with E-state index in [0.717, 1.165) is 11.1 Å². The lowest BCUT2D eigenvalue weighted by atomic mass is 10.2. The molecule has 3 aromatic rings. The van der Waals surface area contributed by atoms with E-state index < -0.39 is 24.4 Å². The number of aryl methyl sites for hydroxylation is 1. The second-order valence-corrected chi connectivity index (χ2v) is 8.02. The predicted molar refractivity (Wildman–Crippen MR) is 113 cm³/mol. The van der Waals surface area contributed by atoms with Gasteiger partial charge in [-0.1, -0.05) is 23.2 Å². The molecule has 0 spiro atoms. The van der Waals surface area contributed by atoms with Crippen molar-refractivity contribution in [3.05, 3.63) is 46.5 Å². The molecular formula is C20H22Cl2N4O4. The third-order valence-electron chi connectivity index (χ3n) is 5.31. The van der Waals surface area contributed by atoms with Crippen LogP contribution >= 0.6 is 23.2 Å². The summed E-state index contributed by atoms with van der Waals surface area (Å²) in [4.78, 5) is 8.53. The molecule has 0 amide bonds. The van der Waals surface area contributed by atoms with Crippen LogP contribution in [0.5, 0.6) is 11.5 Å². The van der Waals surface area contributed by atoms with Crippen LogP contribution in [0.1, 0.15) is 18.2 Å². The standard InChI is InChI=1S/C20H22Cl2N4O4/c1-10-11-2-4-26(20(11)25-9-24-10)14-8-17(19(28)18(14)27)30-16-7-13(22)12(21)6-15(16)29-5-3-23/h2,4,6-7,9,14,17-19,27-28H,3,5,8,23H2,1H3/t14-,17+,18+,19-/m1/s1. The zero-order valence-corrected chi connectivity index (χ0v) is 17.7. The number of fused-ring (bicyclic) bond motifs is 1. The Labute approximate surface area is 183 Å². The molecule has 4 atom stereocenters. The van der Waals surface area contributed by atoms with Gasteiger partial charge in [-0.25, -0.2) is 9.97 Å². The molecule has 0 radical (unpaired) electrons. The van der Waals surface area contributed by atoms with Crippen molar-refractivity contribution in [2.45, 2.75) is 37.7 Å². The number of benzene rings is 1. The zero-order valence-electron chi connectivity index (χ0n) is 16.2. The number of halogens is 2. The second kappa shape index (κ2) is 8.56. The van der Waals surface area contributed by atoms with Gasteiger partial charge < -0.3 is 30.0 Å². The van der Waals surface area contributed by atoms with Crippen LogP contribution < -0.4 is 15.2 Å². The van der Waals surface area contributed by atoms with E-state index in [1.54, 1.807) is 6.07 Å². The topological polar surface area (TPSA) is 116 Å². The van der Waals surface area contributed by atoms with Crippen LogP contribution in [0.4, 0.5) is 0 Å². The van der Waals surface area contributed by atoms with Gasteiger partial charge >= 0.3 is 0 Å². The Kier molecular flexibility index (Phi) is 6.04. The molecule has 2 aromatic heterocycles. The van der Waals surface area contributed by atoms with Crippen molar-refractivity contribution in [3.63, 3.8) is 0 Å². The maximum absolute atomic E-state index is 10.7. The molecule has 4 rings (SSSR count). The average Bonchev–Trinajstić information content (AvgIpc) is 3.27. The van der Waals surface area contributed by atoms with E-state index in [1.165, 1.54) is 12.4 Å². The number of rotatable bonds is 6. The lowest BCUT2D eigenvalue weighted by Gasteiger charge is -2.20. The number of ether oxygens (including phenoxy) is 2. The molecule has 160 valence electrons. The first-order valence-electron chi connectivity index (χ1n) is 9.53. The maximum Gasteiger partial charge on any atom is 0.163 e. The normalized spacial score (nSPS) is 23.8. The van der Waals surface area contributed by atoms with Gasteiger partial charge in [0.05, 0.1) is 21.8 Å². The first-order chi connectivity index (χ1) is 14.4. The van der Waals surface area contributed by atoms with Crippen LogP contribution in [0, 0.1) is 6.92 Å². The zero-order chi connectivity index (χ0) is 21.4. The third kappa shape index (κ3) is 3.81. The van der Waals surface area contributed by atoms with Crippen molar-refractivity contribution in [2.75, 3.05) is 13.2 Å². The van der Waals surface area contributed by atoms with Crippen molar-refractivity contribution in [1.29, 1.82) is 0 Å². The van der Waals surface area contributed by atoms with Gasteiger partial charge in [-0.05, 0) is 13.0 Å². The van der Waals surface area contributed by atoms with E-state index in [9.17, 15) is 10.2 Å². The van der Waals surface area contributed by atoms with E-state index in [1.807, 2.05) is 23.8 Å². The molecule has 10 heteroatoms. The summed E-state index contributed by atoms with van der Waals surface area (Å²) in [6.45, 7) is 2.48. The molecule has 30 heavy (non-hydrogen) atoms. The van der Waals surface area contributed by atoms with E-state index in [0.29, 0.717) is 40.2 Å². The quantitative estimate of drug-likeness (QED) is 0.525. The van der Waals surface area contributed by atoms with Crippen molar-refractivity contribution in [1.82, 2.24) is 14.5 Å². The minimum atomic E-state index is -1.12. The van der Waals surface area contributed by atoms with Gasteiger partial charge in [-0.3, -0.25) is 0 Å². The average molecular weight is 453 g/mol. The van der Waals surface area contributed by atoms with Gasteiger partial charge in [0.15, 0.2) is 11.5 Å². The molecule has 1 aliphatic carbocycles. The molecule has 4 N–H and O–H groups in total. The van der Waals surface area contributed by atoms with Gasteiger partial charge in [0.1, 0.15) is 36.9 Å². The molecule has 1 fully saturated rings. The highest BCUT2D eigenvalue weighted by Gasteiger charge is 2.44. The molecule has 1 saturated carbocycles. The fourth-order valence-corrected chi connectivity index (χ4v) is 4.08. The minimum Gasteiger partial charge on any atom is -0.488 e. The van der Waals surface area contributed by atoms with E-state index in [2.05, 4.69) is 9.97 Å². The van der Waals surface area contributed by atoms with Gasteiger partial charge in [0.2, 0.25) is 0 Å². The number of hydrogen-bond donors (Lipinski definition) is 3. The fraction of sp³-hybridized carbons (Fsp3) is 0.400. The van der Waals surface area contributed by atoms with Crippen LogP contribution in [0.15, 0.2) is 30.7 Å². The Balaban J connectivity index is 1.61. The summed E-state index contributed by atoms with van der Waals surface area (Å²) in [5.74, 6) is 0.694. The van der Waals surface area contributed by atoms with Crippen LogP contribution in [0.2, 0.25) is 10.0 Å². The molecule has 0 unspecified atom stereocenters. The van der Waals surface area contributed by atoms with E-state index in [4.69, 9.17) is 38.4 Å². The first-order valence-corrected chi connectivity index (χ1v) is 10.3. The van der Waals surface area contributed by atoms with Crippen LogP contribution in [-0.2, 0) is 0 Å². The molecule has 1 aromatic carbocycles. The molecule has 0 bridgehead atoms. The second-order valence-electron chi connectivity index (χ2n) is 7.21. The van der Waals surface area contributed by atoms with Crippen molar-refractivity contribution in [3.8, 4) is 11.5 Å². The molecule has 2 heterocycles. The monoisotopic (exact) mass is 452 g/mol. The Hall–Kier alpha value is -2.10. The van der Waals surface area contributed by atoms with Crippen LogP contribution in [0.3, 0.4) is 0 Å². The van der Waals surface area contributed by atoms with Gasteiger partial charge in [0.25, 0.3) is 0 Å². The Morgan fingerprint density at radius 3 is 2.63 bits per heavy atom. The molecule has 0 saturated heterocycles. The number of nitrogens with zero attached hydrogens (tertiary/aromatic N) is 3. The number of hydrogen-bond acceptors (Lipinski definition) is 7. The van der Waals surface area contributed by atoms with E-state index >= 15 is 0 Å². The maximum atomic E-state index is 10.7. The number of aliphatic hydroxyl groups excluding tert-OH is 2. The van der Waals surface area contributed by atoms with Crippen molar-refractivity contribution >= 4 is 34.2 Å².